The first-order chi connectivity index (χ1) is 9.95. The van der Waals surface area contributed by atoms with Gasteiger partial charge >= 0.3 is 0 Å². The molecule has 2 rings (SSSR count). The maximum atomic E-state index is 9.00. The standard InChI is InChI=1S/C13H18N6OS/c1-7-8(2)16-17-13(11(7)12(14)18-20)19(4)5-10-9(3)15-6-21-10/h6,20H,5H2,1-4H3,(H2,14,18). The van der Waals surface area contributed by atoms with Gasteiger partial charge in [0, 0.05) is 11.9 Å². The van der Waals surface area contributed by atoms with E-state index in [0.29, 0.717) is 17.9 Å². The molecule has 0 amide bonds. The summed E-state index contributed by atoms with van der Waals surface area (Å²) >= 11 is 1.59. The quantitative estimate of drug-likeness (QED) is 0.385. The highest BCUT2D eigenvalue weighted by atomic mass is 32.1. The predicted octanol–water partition coefficient (Wildman–Crippen LogP) is 1.59. The zero-order chi connectivity index (χ0) is 15.6. The van der Waals surface area contributed by atoms with Crippen LogP contribution in [-0.2, 0) is 6.54 Å². The molecule has 0 saturated heterocycles. The summed E-state index contributed by atoms with van der Waals surface area (Å²) in [4.78, 5) is 7.30. The summed E-state index contributed by atoms with van der Waals surface area (Å²) in [6, 6.07) is 0. The topological polar surface area (TPSA) is 101 Å². The third-order valence-corrected chi connectivity index (χ3v) is 4.31. The summed E-state index contributed by atoms with van der Waals surface area (Å²) in [6.45, 7) is 6.33. The van der Waals surface area contributed by atoms with Crippen LogP contribution in [0.5, 0.6) is 0 Å². The molecule has 3 N–H and O–H groups in total. The Morgan fingerprint density at radius 3 is 2.62 bits per heavy atom. The lowest BCUT2D eigenvalue weighted by atomic mass is 10.1. The van der Waals surface area contributed by atoms with Crippen molar-refractivity contribution in [2.45, 2.75) is 27.3 Å². The van der Waals surface area contributed by atoms with Gasteiger partial charge in [-0.1, -0.05) is 5.16 Å². The van der Waals surface area contributed by atoms with Crippen LogP contribution >= 0.6 is 11.3 Å². The highest BCUT2D eigenvalue weighted by molar-refractivity contribution is 7.09. The van der Waals surface area contributed by atoms with Gasteiger partial charge in [-0.3, -0.25) is 0 Å². The molecule has 0 fully saturated rings. The van der Waals surface area contributed by atoms with E-state index in [1.54, 1.807) is 11.3 Å². The van der Waals surface area contributed by atoms with Crippen LogP contribution in [0.25, 0.3) is 0 Å². The van der Waals surface area contributed by atoms with E-state index in [2.05, 4.69) is 20.3 Å². The van der Waals surface area contributed by atoms with Gasteiger partial charge in [0.15, 0.2) is 11.7 Å². The molecule has 0 radical (unpaired) electrons. The molecule has 2 aromatic rings. The molecule has 0 saturated carbocycles. The Morgan fingerprint density at radius 2 is 2.05 bits per heavy atom. The smallest absolute Gasteiger partial charge is 0.174 e. The number of aromatic nitrogens is 3. The molecule has 8 heteroatoms. The Morgan fingerprint density at radius 1 is 1.33 bits per heavy atom. The van der Waals surface area contributed by atoms with Crippen molar-refractivity contribution in [2.75, 3.05) is 11.9 Å². The molecular formula is C13H18N6OS. The van der Waals surface area contributed by atoms with Crippen LogP contribution in [-0.4, -0.2) is 33.3 Å². The van der Waals surface area contributed by atoms with Gasteiger partial charge in [-0.15, -0.1) is 16.4 Å². The van der Waals surface area contributed by atoms with E-state index in [-0.39, 0.29) is 5.84 Å². The van der Waals surface area contributed by atoms with Gasteiger partial charge in [0.05, 0.1) is 29.0 Å². The van der Waals surface area contributed by atoms with Crippen LogP contribution in [0.3, 0.4) is 0 Å². The summed E-state index contributed by atoms with van der Waals surface area (Å²) in [5.74, 6) is 0.620. The minimum atomic E-state index is 0.0355. The fourth-order valence-electron chi connectivity index (χ4n) is 1.99. The van der Waals surface area contributed by atoms with Crippen molar-refractivity contribution in [1.82, 2.24) is 15.2 Å². The summed E-state index contributed by atoms with van der Waals surface area (Å²) in [6.07, 6.45) is 0. The molecule has 0 spiro atoms. The Balaban J connectivity index is 2.43. The number of anilines is 1. The Bertz CT molecular complexity index is 681. The minimum absolute atomic E-state index is 0.0355. The highest BCUT2D eigenvalue weighted by Crippen LogP contribution is 2.24. The van der Waals surface area contributed by atoms with Gasteiger partial charge in [0.2, 0.25) is 0 Å². The van der Waals surface area contributed by atoms with Crippen molar-refractivity contribution in [3.63, 3.8) is 0 Å². The van der Waals surface area contributed by atoms with Crippen LogP contribution in [0.1, 0.15) is 27.4 Å². The van der Waals surface area contributed by atoms with Crippen LogP contribution in [0.4, 0.5) is 5.82 Å². The van der Waals surface area contributed by atoms with Crippen molar-refractivity contribution in [3.05, 3.63) is 32.9 Å². The first kappa shape index (κ1) is 15.2. The number of nitrogens with zero attached hydrogens (tertiary/aromatic N) is 5. The van der Waals surface area contributed by atoms with E-state index in [0.717, 1.165) is 21.8 Å². The molecule has 0 unspecified atom stereocenters. The average Bonchev–Trinajstić information content (AvgIpc) is 2.86. The van der Waals surface area contributed by atoms with Crippen molar-refractivity contribution in [3.8, 4) is 0 Å². The number of aryl methyl sites for hydroxylation is 2. The van der Waals surface area contributed by atoms with Gasteiger partial charge in [-0.05, 0) is 26.3 Å². The van der Waals surface area contributed by atoms with E-state index in [9.17, 15) is 0 Å². The molecule has 21 heavy (non-hydrogen) atoms. The summed E-state index contributed by atoms with van der Waals surface area (Å²) < 4.78 is 0. The summed E-state index contributed by atoms with van der Waals surface area (Å²) in [5.41, 5.74) is 10.8. The molecule has 0 atom stereocenters. The van der Waals surface area contributed by atoms with Gasteiger partial charge in [-0.25, -0.2) is 4.98 Å². The van der Waals surface area contributed by atoms with E-state index >= 15 is 0 Å². The Kier molecular flexibility index (Phi) is 4.37. The number of hydrogen-bond donors (Lipinski definition) is 2. The second-order valence-electron chi connectivity index (χ2n) is 4.81. The third kappa shape index (κ3) is 2.94. The minimum Gasteiger partial charge on any atom is -0.409 e. The molecule has 7 nitrogen and oxygen atoms in total. The van der Waals surface area contributed by atoms with Gasteiger partial charge in [0.25, 0.3) is 0 Å². The first-order valence-corrected chi connectivity index (χ1v) is 7.25. The molecule has 0 bridgehead atoms. The summed E-state index contributed by atoms with van der Waals surface area (Å²) in [7, 11) is 1.89. The fraction of sp³-hybridized carbons (Fsp3) is 0.385. The lowest BCUT2D eigenvalue weighted by Crippen LogP contribution is -2.26. The number of rotatable bonds is 4. The predicted molar refractivity (Wildman–Crippen MR) is 83.0 cm³/mol. The fourth-order valence-corrected chi connectivity index (χ4v) is 2.82. The normalized spacial score (nSPS) is 11.7. The molecule has 0 aromatic carbocycles. The average molecular weight is 306 g/mol. The second kappa shape index (κ2) is 6.04. The molecule has 2 aromatic heterocycles. The van der Waals surface area contributed by atoms with Gasteiger partial charge < -0.3 is 15.8 Å². The SMILES string of the molecule is Cc1ncsc1CN(C)c1nnc(C)c(C)c1C(N)=NO. The molecule has 2 heterocycles. The summed E-state index contributed by atoms with van der Waals surface area (Å²) in [5, 5.41) is 20.4. The van der Waals surface area contributed by atoms with E-state index < -0.39 is 0 Å². The van der Waals surface area contributed by atoms with Crippen molar-refractivity contribution in [2.24, 2.45) is 10.9 Å². The zero-order valence-corrected chi connectivity index (χ0v) is 13.3. The van der Waals surface area contributed by atoms with E-state index in [4.69, 9.17) is 10.9 Å². The molecule has 0 aliphatic rings. The number of nitrogens with two attached hydrogens (primary N) is 1. The van der Waals surface area contributed by atoms with Crippen molar-refractivity contribution in [1.29, 1.82) is 0 Å². The second-order valence-corrected chi connectivity index (χ2v) is 5.75. The van der Waals surface area contributed by atoms with Crippen LogP contribution in [0.15, 0.2) is 10.7 Å². The van der Waals surface area contributed by atoms with Crippen LogP contribution < -0.4 is 10.6 Å². The number of thiazole rings is 1. The Hall–Kier alpha value is -2.22. The van der Waals surface area contributed by atoms with Crippen molar-refractivity contribution >= 4 is 23.0 Å². The largest absolute Gasteiger partial charge is 0.409 e. The maximum absolute atomic E-state index is 9.00. The van der Waals surface area contributed by atoms with Crippen LogP contribution in [0.2, 0.25) is 0 Å². The zero-order valence-electron chi connectivity index (χ0n) is 12.5. The molecule has 112 valence electrons. The monoisotopic (exact) mass is 306 g/mol. The third-order valence-electron chi connectivity index (χ3n) is 3.39. The van der Waals surface area contributed by atoms with Crippen LogP contribution in [0, 0.1) is 20.8 Å². The Labute approximate surface area is 127 Å². The lowest BCUT2D eigenvalue weighted by molar-refractivity contribution is 0.318. The highest BCUT2D eigenvalue weighted by Gasteiger charge is 2.19. The van der Waals surface area contributed by atoms with E-state index in [1.165, 1.54) is 0 Å². The number of hydrogen-bond acceptors (Lipinski definition) is 7. The van der Waals surface area contributed by atoms with Crippen molar-refractivity contribution < 1.29 is 5.21 Å². The number of amidine groups is 1. The molecular weight excluding hydrogens is 288 g/mol. The number of oxime groups is 1. The maximum Gasteiger partial charge on any atom is 0.174 e. The lowest BCUT2D eigenvalue weighted by Gasteiger charge is -2.21. The first-order valence-electron chi connectivity index (χ1n) is 6.37. The van der Waals surface area contributed by atoms with Gasteiger partial charge in [0.1, 0.15) is 0 Å². The molecule has 0 aliphatic carbocycles. The molecule has 0 aliphatic heterocycles. The van der Waals surface area contributed by atoms with Gasteiger partial charge in [-0.2, -0.15) is 5.10 Å². The van der Waals surface area contributed by atoms with E-state index in [1.807, 2.05) is 38.2 Å².